The Bertz CT molecular complexity index is 613. The van der Waals surface area contributed by atoms with Gasteiger partial charge in [0.25, 0.3) is 6.08 Å². The molecule has 2 aliphatic carbocycles. The number of rotatable bonds is 10. The SMILES string of the molecule is CCCCCCCCc1ccc([C@H]2CC[C@H]([C@H]3CC[C@H](C=C(F)F)CC3)CC2)cc1. The topological polar surface area (TPSA) is 0 Å². The molecule has 0 aromatic heterocycles. The number of halogens is 2. The lowest BCUT2D eigenvalue weighted by molar-refractivity contribution is 0.170. The van der Waals surface area contributed by atoms with Gasteiger partial charge in [0.2, 0.25) is 0 Å². The molecule has 0 N–H and O–H groups in total. The van der Waals surface area contributed by atoms with Gasteiger partial charge in [-0.25, -0.2) is 0 Å². The minimum absolute atomic E-state index is 0.123. The van der Waals surface area contributed by atoms with Crippen LogP contribution in [0.5, 0.6) is 0 Å². The molecule has 0 radical (unpaired) electrons. The maximum absolute atomic E-state index is 12.5. The summed E-state index contributed by atoms with van der Waals surface area (Å²) >= 11 is 0. The number of allylic oxidation sites excluding steroid dienone is 1. The van der Waals surface area contributed by atoms with Crippen LogP contribution in [0.2, 0.25) is 0 Å². The molecular formula is C28H42F2. The van der Waals surface area contributed by atoms with Crippen LogP contribution >= 0.6 is 0 Å². The highest BCUT2D eigenvalue weighted by Gasteiger charge is 2.31. The van der Waals surface area contributed by atoms with Gasteiger partial charge in [-0.3, -0.25) is 0 Å². The van der Waals surface area contributed by atoms with E-state index in [4.69, 9.17) is 0 Å². The van der Waals surface area contributed by atoms with Gasteiger partial charge in [0, 0.05) is 0 Å². The van der Waals surface area contributed by atoms with Crippen molar-refractivity contribution in [1.82, 2.24) is 0 Å². The highest BCUT2D eigenvalue weighted by Crippen LogP contribution is 2.44. The third-order valence-corrected chi connectivity index (χ3v) is 7.89. The van der Waals surface area contributed by atoms with Crippen LogP contribution in [-0.4, -0.2) is 0 Å². The first kappa shape index (κ1) is 23.5. The van der Waals surface area contributed by atoms with E-state index in [1.165, 1.54) is 87.8 Å². The van der Waals surface area contributed by atoms with Gasteiger partial charge in [-0.15, -0.1) is 0 Å². The van der Waals surface area contributed by atoms with Gasteiger partial charge < -0.3 is 0 Å². The second-order valence-corrected chi connectivity index (χ2v) is 10.0. The third-order valence-electron chi connectivity index (χ3n) is 7.89. The van der Waals surface area contributed by atoms with Gasteiger partial charge >= 0.3 is 0 Å². The Balaban J connectivity index is 1.36. The van der Waals surface area contributed by atoms with Crippen molar-refractivity contribution in [3.05, 3.63) is 47.5 Å². The zero-order valence-electron chi connectivity index (χ0n) is 19.1. The Hall–Kier alpha value is -1.18. The summed E-state index contributed by atoms with van der Waals surface area (Å²) in [6, 6.07) is 9.51. The molecule has 0 atom stereocenters. The second kappa shape index (κ2) is 12.6. The van der Waals surface area contributed by atoms with Crippen LogP contribution in [0.4, 0.5) is 8.78 Å². The average molecular weight is 417 g/mol. The van der Waals surface area contributed by atoms with Crippen LogP contribution in [0.15, 0.2) is 36.4 Å². The molecule has 3 rings (SSSR count). The fraction of sp³-hybridized carbons (Fsp3) is 0.714. The average Bonchev–Trinajstić information content (AvgIpc) is 2.77. The second-order valence-electron chi connectivity index (χ2n) is 10.0. The molecule has 0 aliphatic heterocycles. The first-order chi connectivity index (χ1) is 14.7. The van der Waals surface area contributed by atoms with Crippen LogP contribution in [0.3, 0.4) is 0 Å². The van der Waals surface area contributed by atoms with Crippen molar-refractivity contribution in [2.45, 2.75) is 109 Å². The lowest BCUT2D eigenvalue weighted by Crippen LogP contribution is -2.25. The summed E-state index contributed by atoms with van der Waals surface area (Å²) in [6.45, 7) is 2.27. The van der Waals surface area contributed by atoms with Gasteiger partial charge in [0.05, 0.1) is 0 Å². The molecule has 0 spiro atoms. The maximum atomic E-state index is 12.5. The van der Waals surface area contributed by atoms with Gasteiger partial charge in [-0.05, 0) is 105 Å². The first-order valence-corrected chi connectivity index (χ1v) is 12.8. The first-order valence-electron chi connectivity index (χ1n) is 12.8. The standard InChI is InChI=1S/C28H42F2/c1-2-3-4-5-6-7-8-22-9-13-24(14-10-22)26-17-19-27(20-18-26)25-15-11-23(12-16-25)21-28(29)30/h9-10,13-14,21,23,25-27H,2-8,11-12,15-20H2,1H3/t23-,25-,26-,27-. The molecule has 2 aliphatic rings. The predicted octanol–water partition coefficient (Wildman–Crippen LogP) is 9.45. The Kier molecular flexibility index (Phi) is 9.88. The number of aryl methyl sites for hydroxylation is 1. The van der Waals surface area contributed by atoms with E-state index < -0.39 is 6.08 Å². The van der Waals surface area contributed by atoms with Crippen molar-refractivity contribution >= 4 is 0 Å². The van der Waals surface area contributed by atoms with E-state index in [0.717, 1.165) is 43.4 Å². The monoisotopic (exact) mass is 416 g/mol. The highest BCUT2D eigenvalue weighted by atomic mass is 19.3. The van der Waals surface area contributed by atoms with Gasteiger partial charge in [0.15, 0.2) is 0 Å². The fourth-order valence-electron chi connectivity index (χ4n) is 5.95. The summed E-state index contributed by atoms with van der Waals surface area (Å²) in [5.41, 5.74) is 3.03. The smallest absolute Gasteiger partial charge is 0.174 e. The van der Waals surface area contributed by atoms with Gasteiger partial charge in [-0.1, -0.05) is 63.3 Å². The lowest BCUT2D eigenvalue weighted by Gasteiger charge is -2.37. The van der Waals surface area contributed by atoms with Crippen molar-refractivity contribution < 1.29 is 8.78 Å². The van der Waals surface area contributed by atoms with Crippen LogP contribution in [0.1, 0.15) is 114 Å². The zero-order valence-corrected chi connectivity index (χ0v) is 19.1. The van der Waals surface area contributed by atoms with Crippen molar-refractivity contribution in [1.29, 1.82) is 0 Å². The quantitative estimate of drug-likeness (QED) is 0.333. The molecule has 2 heteroatoms. The molecule has 30 heavy (non-hydrogen) atoms. The van der Waals surface area contributed by atoms with E-state index in [1.54, 1.807) is 0 Å². The molecule has 168 valence electrons. The minimum atomic E-state index is -1.49. The molecular weight excluding hydrogens is 374 g/mol. The van der Waals surface area contributed by atoms with Crippen LogP contribution in [0.25, 0.3) is 0 Å². The van der Waals surface area contributed by atoms with E-state index in [1.807, 2.05) is 0 Å². The lowest BCUT2D eigenvalue weighted by atomic mass is 9.68. The van der Waals surface area contributed by atoms with Gasteiger partial charge in [-0.2, -0.15) is 8.78 Å². The Morgan fingerprint density at radius 3 is 1.93 bits per heavy atom. The summed E-state index contributed by atoms with van der Waals surface area (Å²) in [5.74, 6) is 2.45. The largest absolute Gasteiger partial charge is 0.266 e. The molecule has 2 saturated carbocycles. The summed E-state index contributed by atoms with van der Waals surface area (Å²) < 4.78 is 25.0. The van der Waals surface area contributed by atoms with E-state index in [-0.39, 0.29) is 5.92 Å². The number of hydrogen-bond donors (Lipinski definition) is 0. The van der Waals surface area contributed by atoms with Crippen LogP contribution in [-0.2, 0) is 6.42 Å². The Morgan fingerprint density at radius 1 is 0.767 bits per heavy atom. The molecule has 0 unspecified atom stereocenters. The maximum Gasteiger partial charge on any atom is 0.266 e. The van der Waals surface area contributed by atoms with Crippen LogP contribution in [0, 0.1) is 17.8 Å². The fourth-order valence-corrected chi connectivity index (χ4v) is 5.95. The normalized spacial score (nSPS) is 27.0. The van der Waals surface area contributed by atoms with Crippen molar-refractivity contribution in [3.8, 4) is 0 Å². The summed E-state index contributed by atoms with van der Waals surface area (Å²) in [7, 11) is 0. The molecule has 0 saturated heterocycles. The zero-order chi connectivity index (χ0) is 21.2. The third kappa shape index (κ3) is 7.50. The van der Waals surface area contributed by atoms with Crippen LogP contribution < -0.4 is 0 Å². The van der Waals surface area contributed by atoms with E-state index in [9.17, 15) is 8.78 Å². The van der Waals surface area contributed by atoms with Crippen molar-refractivity contribution in [2.24, 2.45) is 17.8 Å². The molecule has 0 amide bonds. The molecule has 0 nitrogen and oxygen atoms in total. The summed E-state index contributed by atoms with van der Waals surface area (Å²) in [5, 5.41) is 0. The molecule has 1 aromatic carbocycles. The molecule has 1 aromatic rings. The summed E-state index contributed by atoms with van der Waals surface area (Å²) in [4.78, 5) is 0. The Labute approximate surface area is 183 Å². The number of unbranched alkanes of at least 4 members (excludes halogenated alkanes) is 5. The van der Waals surface area contributed by atoms with Gasteiger partial charge in [0.1, 0.15) is 0 Å². The summed E-state index contributed by atoms with van der Waals surface area (Å²) in [6.07, 6.45) is 18.6. The molecule has 2 fully saturated rings. The number of hydrogen-bond acceptors (Lipinski definition) is 0. The Morgan fingerprint density at radius 2 is 1.33 bits per heavy atom. The van der Waals surface area contributed by atoms with Crippen molar-refractivity contribution in [3.63, 3.8) is 0 Å². The highest BCUT2D eigenvalue weighted by molar-refractivity contribution is 5.26. The minimum Gasteiger partial charge on any atom is -0.174 e. The molecule has 0 heterocycles. The predicted molar refractivity (Wildman–Crippen MR) is 124 cm³/mol. The van der Waals surface area contributed by atoms with Crippen molar-refractivity contribution in [2.75, 3.05) is 0 Å². The van der Waals surface area contributed by atoms with E-state index >= 15 is 0 Å². The number of benzene rings is 1. The molecule has 0 bridgehead atoms. The van der Waals surface area contributed by atoms with E-state index in [2.05, 4.69) is 31.2 Å². The van der Waals surface area contributed by atoms with E-state index in [0.29, 0.717) is 0 Å².